The van der Waals surface area contributed by atoms with Gasteiger partial charge in [0.05, 0.1) is 5.56 Å². The van der Waals surface area contributed by atoms with Crippen LogP contribution in [0.2, 0.25) is 0 Å². The largest absolute Gasteiger partial charge is 0.456 e. The topological polar surface area (TPSA) is 63.0 Å². The molecular formula is C57H37N3O2. The minimum Gasteiger partial charge on any atom is -0.456 e. The van der Waals surface area contributed by atoms with Crippen LogP contribution in [0.5, 0.6) is 0 Å². The van der Waals surface area contributed by atoms with Crippen molar-refractivity contribution in [2.75, 3.05) is 0 Å². The van der Waals surface area contributed by atoms with E-state index in [0.717, 1.165) is 94.5 Å². The van der Waals surface area contributed by atoms with Gasteiger partial charge in [-0.1, -0.05) is 146 Å². The second kappa shape index (κ2) is 13.8. The van der Waals surface area contributed by atoms with Gasteiger partial charge in [0.15, 0.2) is 5.84 Å². The smallest absolute Gasteiger partial charge is 0.159 e. The van der Waals surface area contributed by atoms with Gasteiger partial charge in [-0.3, -0.25) is 0 Å². The Labute approximate surface area is 356 Å². The molecule has 5 nitrogen and oxygen atoms in total. The molecule has 3 heterocycles. The lowest BCUT2D eigenvalue weighted by atomic mass is 9.88. The fourth-order valence-electron chi connectivity index (χ4n) is 9.72. The maximum atomic E-state index is 6.54. The molecule has 62 heavy (non-hydrogen) atoms. The fourth-order valence-corrected chi connectivity index (χ4v) is 9.72. The summed E-state index contributed by atoms with van der Waals surface area (Å²) >= 11 is 0. The van der Waals surface area contributed by atoms with Crippen molar-refractivity contribution in [3.8, 4) is 11.1 Å². The van der Waals surface area contributed by atoms with Crippen LogP contribution in [0.3, 0.4) is 0 Å². The van der Waals surface area contributed by atoms with Crippen molar-refractivity contribution in [1.29, 1.82) is 0 Å². The second-order valence-corrected chi connectivity index (χ2v) is 16.5. The van der Waals surface area contributed by atoms with Crippen LogP contribution in [0, 0.1) is 0 Å². The van der Waals surface area contributed by atoms with Crippen molar-refractivity contribution >= 4 is 87.9 Å². The van der Waals surface area contributed by atoms with E-state index in [4.69, 9.17) is 18.8 Å². The van der Waals surface area contributed by atoms with E-state index in [-0.39, 0.29) is 0 Å². The molecule has 11 aromatic rings. The quantitative estimate of drug-likeness (QED) is 0.177. The van der Waals surface area contributed by atoms with Crippen molar-refractivity contribution < 1.29 is 8.83 Å². The minimum absolute atomic E-state index is 0.301. The van der Waals surface area contributed by atoms with Crippen molar-refractivity contribution in [1.82, 2.24) is 5.32 Å². The summed E-state index contributed by atoms with van der Waals surface area (Å²) in [5.74, 6) is 1.69. The first-order chi connectivity index (χ1) is 30.7. The number of nitrogens with zero attached hydrogens (tertiary/aromatic N) is 2. The number of para-hydroxylation sites is 3. The SMILES string of the molecule is C1=CCC(c2cc(-c3ccc4cc(C5N=C(c6ccc7c(ccc8ccccc87)c6)N=C(c6cccc7c6oc6ccccc67)N5)ccc4c3)c3c(c2)oc2ccccc23)C=C1. The molecule has 0 saturated heterocycles. The molecule has 2 aliphatic rings. The van der Waals surface area contributed by atoms with Crippen LogP contribution in [-0.2, 0) is 0 Å². The first-order valence-electron chi connectivity index (χ1n) is 21.3. The lowest BCUT2D eigenvalue weighted by Crippen LogP contribution is -2.33. The zero-order valence-electron chi connectivity index (χ0n) is 33.5. The van der Waals surface area contributed by atoms with Gasteiger partial charge in [0.2, 0.25) is 0 Å². The van der Waals surface area contributed by atoms with Gasteiger partial charge in [-0.25, -0.2) is 9.98 Å². The Bertz CT molecular complexity index is 3790. The molecule has 13 rings (SSSR count). The predicted molar refractivity (Wildman–Crippen MR) is 256 cm³/mol. The highest BCUT2D eigenvalue weighted by atomic mass is 16.3. The van der Waals surface area contributed by atoms with Gasteiger partial charge >= 0.3 is 0 Å². The first kappa shape index (κ1) is 34.8. The highest BCUT2D eigenvalue weighted by Gasteiger charge is 2.25. The van der Waals surface area contributed by atoms with Gasteiger partial charge in [-0.2, -0.15) is 0 Å². The van der Waals surface area contributed by atoms with Crippen molar-refractivity contribution in [3.63, 3.8) is 0 Å². The molecule has 292 valence electrons. The molecule has 0 spiro atoms. The van der Waals surface area contributed by atoms with E-state index in [1.807, 2.05) is 18.2 Å². The number of aliphatic imine (C=N–C) groups is 2. The Balaban J connectivity index is 0.932. The van der Waals surface area contributed by atoms with Gasteiger partial charge in [0, 0.05) is 33.0 Å². The van der Waals surface area contributed by atoms with Crippen molar-refractivity contribution in [2.24, 2.45) is 9.98 Å². The van der Waals surface area contributed by atoms with Crippen LogP contribution in [0.4, 0.5) is 0 Å². The third kappa shape index (κ3) is 5.62. The van der Waals surface area contributed by atoms with Crippen LogP contribution in [0.25, 0.3) is 87.3 Å². The fraction of sp³-hybridized carbons (Fsp3) is 0.0526. The van der Waals surface area contributed by atoms with E-state index < -0.39 is 6.17 Å². The number of hydrogen-bond acceptors (Lipinski definition) is 5. The van der Waals surface area contributed by atoms with Crippen LogP contribution < -0.4 is 5.32 Å². The molecular weight excluding hydrogens is 759 g/mol. The summed E-state index contributed by atoms with van der Waals surface area (Å²) in [5, 5.41) is 15.3. The van der Waals surface area contributed by atoms with Crippen LogP contribution in [0.15, 0.2) is 213 Å². The Kier molecular flexibility index (Phi) is 7.73. The summed E-state index contributed by atoms with van der Waals surface area (Å²) in [6.45, 7) is 0. The van der Waals surface area contributed by atoms with E-state index in [1.165, 1.54) is 27.3 Å². The Hall–Kier alpha value is -8.02. The summed E-state index contributed by atoms with van der Waals surface area (Å²) in [6.07, 6.45) is 9.38. The Morgan fingerprint density at radius 1 is 0.484 bits per heavy atom. The van der Waals surface area contributed by atoms with Crippen LogP contribution in [0.1, 0.15) is 40.8 Å². The molecule has 0 fully saturated rings. The molecule has 2 aromatic heterocycles. The number of fused-ring (bicyclic) bond motifs is 10. The number of allylic oxidation sites excluding steroid dienone is 4. The van der Waals surface area contributed by atoms with E-state index >= 15 is 0 Å². The predicted octanol–water partition coefficient (Wildman–Crippen LogP) is 14.7. The highest BCUT2D eigenvalue weighted by Crippen LogP contribution is 2.41. The van der Waals surface area contributed by atoms with E-state index in [0.29, 0.717) is 11.8 Å². The molecule has 0 bridgehead atoms. The van der Waals surface area contributed by atoms with E-state index in [9.17, 15) is 0 Å². The summed E-state index contributed by atoms with van der Waals surface area (Å²) in [6, 6.07) is 60.4. The molecule has 5 heteroatoms. The standard InChI is InChI=1S/C57H37N3O2/c1-2-11-34(12-3-1)42-32-49(53-47-16-7-9-20-51(47)61-52(53)33-42)39-25-22-37-30-40(26-23-36(37)29-39)55-58-56(41-27-28-44-38(31-41)24-21-35-13-4-5-14-43(35)44)60-57(59-55)48-18-10-17-46-45-15-6-8-19-50(45)62-54(46)48/h1-11,13-34,55H,12H2,(H,58,59,60). The summed E-state index contributed by atoms with van der Waals surface area (Å²) < 4.78 is 13.0. The maximum absolute atomic E-state index is 6.54. The number of furan rings is 2. The second-order valence-electron chi connectivity index (χ2n) is 16.5. The van der Waals surface area contributed by atoms with Crippen LogP contribution in [-0.4, -0.2) is 11.7 Å². The number of nitrogens with one attached hydrogen (secondary N) is 1. The van der Waals surface area contributed by atoms with E-state index in [2.05, 4.69) is 181 Å². The normalized spacial score (nSPS) is 16.5. The van der Waals surface area contributed by atoms with E-state index in [1.54, 1.807) is 0 Å². The molecule has 9 aromatic carbocycles. The van der Waals surface area contributed by atoms with Gasteiger partial charge in [-0.05, 0) is 110 Å². The average molecular weight is 796 g/mol. The summed E-state index contributed by atoms with van der Waals surface area (Å²) in [7, 11) is 0. The first-order valence-corrected chi connectivity index (χ1v) is 21.3. The monoisotopic (exact) mass is 795 g/mol. The number of benzene rings is 9. The molecule has 1 aliphatic heterocycles. The molecule has 1 aliphatic carbocycles. The highest BCUT2D eigenvalue weighted by molar-refractivity contribution is 6.20. The van der Waals surface area contributed by atoms with Gasteiger partial charge in [0.1, 0.15) is 34.3 Å². The molecule has 0 radical (unpaired) electrons. The third-order valence-corrected chi connectivity index (χ3v) is 12.8. The zero-order valence-corrected chi connectivity index (χ0v) is 33.5. The van der Waals surface area contributed by atoms with Gasteiger partial charge in [-0.15, -0.1) is 0 Å². The van der Waals surface area contributed by atoms with Crippen molar-refractivity contribution in [3.05, 3.63) is 216 Å². The lowest BCUT2D eigenvalue weighted by Gasteiger charge is -2.24. The van der Waals surface area contributed by atoms with Crippen LogP contribution >= 0.6 is 0 Å². The number of amidine groups is 2. The third-order valence-electron chi connectivity index (χ3n) is 12.8. The molecule has 1 N–H and O–H groups in total. The Morgan fingerprint density at radius 3 is 2.11 bits per heavy atom. The zero-order chi connectivity index (χ0) is 40.7. The van der Waals surface area contributed by atoms with Gasteiger partial charge in [0.25, 0.3) is 0 Å². The molecule has 0 saturated carbocycles. The number of rotatable bonds is 5. The number of hydrogen-bond donors (Lipinski definition) is 1. The summed E-state index contributed by atoms with van der Waals surface area (Å²) in [4.78, 5) is 10.6. The minimum atomic E-state index is -0.403. The van der Waals surface area contributed by atoms with Gasteiger partial charge < -0.3 is 14.2 Å². The lowest BCUT2D eigenvalue weighted by molar-refractivity contribution is 0.660. The molecule has 2 atom stereocenters. The Morgan fingerprint density at radius 2 is 1.21 bits per heavy atom. The maximum Gasteiger partial charge on any atom is 0.159 e. The molecule has 2 unspecified atom stereocenters. The summed E-state index contributed by atoms with van der Waals surface area (Å²) in [5.41, 5.74) is 9.98. The molecule has 0 amide bonds. The van der Waals surface area contributed by atoms with Crippen molar-refractivity contribution in [2.45, 2.75) is 18.5 Å². The average Bonchev–Trinajstić information content (AvgIpc) is 3.92.